The van der Waals surface area contributed by atoms with Crippen LogP contribution in [-0.4, -0.2) is 12.0 Å². The second-order valence-electron chi connectivity index (χ2n) is 3.01. The summed E-state index contributed by atoms with van der Waals surface area (Å²) in [4.78, 5) is 2.71. The van der Waals surface area contributed by atoms with Crippen LogP contribution in [0.3, 0.4) is 0 Å². The molecule has 2 aromatic rings. The molecule has 1 heterocycles. The molecule has 0 saturated carbocycles. The van der Waals surface area contributed by atoms with Gasteiger partial charge >= 0.3 is 58.4 Å². The smallest absolute Gasteiger partial charge is 0.445 e. The molecule has 0 atom stereocenters. The third-order valence-corrected chi connectivity index (χ3v) is 2.35. The number of halogens is 4. The van der Waals surface area contributed by atoms with Gasteiger partial charge in [-0.05, 0) is 12.1 Å². The van der Waals surface area contributed by atoms with E-state index >= 15 is 0 Å². The van der Waals surface area contributed by atoms with Crippen molar-refractivity contribution in [3.05, 3.63) is 29.4 Å². The molecule has 0 amide bonds. The quantitative estimate of drug-likeness (QED) is 0.686. The number of hydrogen-bond acceptors (Lipinski definition) is 0. The van der Waals surface area contributed by atoms with E-state index in [0.29, 0.717) is 10.9 Å². The molecule has 1 nitrogen and oxygen atoms in total. The molecular formula is C8H5BClF3KN. The van der Waals surface area contributed by atoms with E-state index < -0.39 is 12.4 Å². The van der Waals surface area contributed by atoms with E-state index in [1.54, 1.807) is 12.3 Å². The van der Waals surface area contributed by atoms with Gasteiger partial charge in [0.2, 0.25) is 0 Å². The van der Waals surface area contributed by atoms with Gasteiger partial charge in [0, 0.05) is 22.1 Å². The van der Waals surface area contributed by atoms with E-state index in [2.05, 4.69) is 4.98 Å². The molecule has 0 aliphatic carbocycles. The maximum atomic E-state index is 12.4. The summed E-state index contributed by atoms with van der Waals surface area (Å²) in [6, 6.07) is 4.03. The van der Waals surface area contributed by atoms with Crippen molar-refractivity contribution in [2.45, 2.75) is 0 Å². The Bertz CT molecular complexity index is 482. The molecule has 0 spiro atoms. The standard InChI is InChI=1S/C8H5BClF3N.K/c10-7-3-5-1-2-14-8(5)4-6(7)9(11,12)13;/h1-4,14H;/q-1;+1. The average Bonchev–Trinajstić information content (AvgIpc) is 2.47. The second-order valence-corrected chi connectivity index (χ2v) is 3.42. The number of aromatic nitrogens is 1. The first-order valence-corrected chi connectivity index (χ1v) is 4.33. The Labute approximate surface area is 132 Å². The van der Waals surface area contributed by atoms with Crippen LogP contribution in [-0.2, 0) is 0 Å². The van der Waals surface area contributed by atoms with Crippen LogP contribution in [0.25, 0.3) is 10.9 Å². The van der Waals surface area contributed by atoms with Crippen molar-refractivity contribution in [1.29, 1.82) is 0 Å². The van der Waals surface area contributed by atoms with Gasteiger partial charge in [0.05, 0.1) is 0 Å². The largest absolute Gasteiger partial charge is 1.00 e. The number of rotatable bonds is 1. The van der Waals surface area contributed by atoms with E-state index in [1.807, 2.05) is 0 Å². The number of H-pyrrole nitrogens is 1. The molecule has 0 aliphatic heterocycles. The van der Waals surface area contributed by atoms with Gasteiger partial charge in [0.25, 0.3) is 0 Å². The van der Waals surface area contributed by atoms with Gasteiger partial charge in [-0.2, -0.15) is 0 Å². The van der Waals surface area contributed by atoms with Gasteiger partial charge in [0.15, 0.2) is 0 Å². The van der Waals surface area contributed by atoms with Gasteiger partial charge in [-0.1, -0.05) is 23.1 Å². The van der Waals surface area contributed by atoms with Crippen LogP contribution in [0.1, 0.15) is 0 Å². The van der Waals surface area contributed by atoms with Crippen molar-refractivity contribution in [2.75, 3.05) is 0 Å². The van der Waals surface area contributed by atoms with Crippen LogP contribution in [0.4, 0.5) is 12.9 Å². The van der Waals surface area contributed by atoms with Crippen LogP contribution >= 0.6 is 11.6 Å². The van der Waals surface area contributed by atoms with Crippen molar-refractivity contribution >= 4 is 34.9 Å². The van der Waals surface area contributed by atoms with Gasteiger partial charge in [-0.3, -0.25) is 0 Å². The number of benzene rings is 1. The minimum Gasteiger partial charge on any atom is -0.445 e. The molecule has 1 aromatic carbocycles. The van der Waals surface area contributed by atoms with Crippen molar-refractivity contribution in [1.82, 2.24) is 4.98 Å². The SMILES string of the molecule is F[B-](F)(F)c1cc2[nH]ccc2cc1Cl.[K+]. The van der Waals surface area contributed by atoms with Gasteiger partial charge in [-0.25, -0.2) is 0 Å². The number of hydrogen-bond donors (Lipinski definition) is 1. The van der Waals surface area contributed by atoms with E-state index in [1.165, 1.54) is 6.07 Å². The summed E-state index contributed by atoms with van der Waals surface area (Å²) in [5.41, 5.74) is -0.301. The van der Waals surface area contributed by atoms with Crippen LogP contribution in [0.2, 0.25) is 5.02 Å². The topological polar surface area (TPSA) is 15.8 Å². The third kappa shape index (κ3) is 2.81. The Morgan fingerprint density at radius 2 is 1.87 bits per heavy atom. The predicted octanol–water partition coefficient (Wildman–Crippen LogP) is -0.120. The molecule has 7 heteroatoms. The van der Waals surface area contributed by atoms with E-state index in [0.717, 1.165) is 6.07 Å². The van der Waals surface area contributed by atoms with Gasteiger partial charge in [-0.15, -0.1) is 0 Å². The minimum absolute atomic E-state index is 0. The summed E-state index contributed by atoms with van der Waals surface area (Å²) < 4.78 is 37.3. The van der Waals surface area contributed by atoms with Crippen molar-refractivity contribution in [2.24, 2.45) is 0 Å². The van der Waals surface area contributed by atoms with Crippen molar-refractivity contribution in [3.8, 4) is 0 Å². The van der Waals surface area contributed by atoms with Crippen LogP contribution < -0.4 is 56.8 Å². The normalized spacial score (nSPS) is 11.5. The maximum absolute atomic E-state index is 12.4. The number of nitrogens with one attached hydrogen (secondary N) is 1. The Morgan fingerprint density at radius 1 is 1.20 bits per heavy atom. The molecule has 1 N–H and O–H groups in total. The summed E-state index contributed by atoms with van der Waals surface area (Å²) in [6.45, 7) is -5.04. The Hall–Kier alpha value is 0.541. The monoisotopic (exact) mass is 257 g/mol. The molecule has 0 unspecified atom stereocenters. The zero-order chi connectivity index (χ0) is 10.3. The van der Waals surface area contributed by atoms with E-state index in [-0.39, 0.29) is 56.4 Å². The summed E-state index contributed by atoms with van der Waals surface area (Å²) in [5.74, 6) is 0. The molecule has 0 radical (unpaired) electrons. The van der Waals surface area contributed by atoms with Gasteiger partial charge < -0.3 is 17.9 Å². The minimum atomic E-state index is -5.04. The summed E-state index contributed by atoms with van der Waals surface area (Å²) in [6.07, 6.45) is 1.58. The first kappa shape index (κ1) is 13.6. The number of fused-ring (bicyclic) bond motifs is 1. The zero-order valence-electron chi connectivity index (χ0n) is 7.90. The fraction of sp³-hybridized carbons (Fsp3) is 0. The van der Waals surface area contributed by atoms with Gasteiger partial charge in [0.1, 0.15) is 0 Å². The molecule has 0 fully saturated rings. The predicted molar refractivity (Wildman–Crippen MR) is 52.0 cm³/mol. The number of aromatic amines is 1. The fourth-order valence-corrected chi connectivity index (χ4v) is 1.64. The molecular weight excluding hydrogens is 252 g/mol. The Balaban J connectivity index is 0.00000112. The van der Waals surface area contributed by atoms with Crippen LogP contribution in [0.5, 0.6) is 0 Å². The molecule has 15 heavy (non-hydrogen) atoms. The average molecular weight is 257 g/mol. The van der Waals surface area contributed by atoms with E-state index in [9.17, 15) is 12.9 Å². The first-order valence-electron chi connectivity index (χ1n) is 3.95. The molecule has 1 aromatic heterocycles. The van der Waals surface area contributed by atoms with Crippen molar-refractivity contribution < 1.29 is 64.3 Å². The molecule has 0 bridgehead atoms. The maximum Gasteiger partial charge on any atom is 1.00 e. The molecule has 2 rings (SSSR count). The van der Waals surface area contributed by atoms with Crippen LogP contribution in [0, 0.1) is 0 Å². The third-order valence-electron chi connectivity index (χ3n) is 2.02. The molecule has 0 saturated heterocycles. The van der Waals surface area contributed by atoms with Crippen LogP contribution in [0.15, 0.2) is 24.4 Å². The Kier molecular flexibility index (Phi) is 4.36. The second kappa shape index (κ2) is 4.81. The summed E-state index contributed by atoms with van der Waals surface area (Å²) in [7, 11) is 0. The zero-order valence-corrected chi connectivity index (χ0v) is 11.8. The fourth-order valence-electron chi connectivity index (χ4n) is 1.34. The summed E-state index contributed by atoms with van der Waals surface area (Å²) in [5, 5.41) is 0.434. The molecule has 74 valence electrons. The Morgan fingerprint density at radius 3 is 2.47 bits per heavy atom. The molecule has 0 aliphatic rings. The van der Waals surface area contributed by atoms with Crippen molar-refractivity contribution in [3.63, 3.8) is 0 Å². The summed E-state index contributed by atoms with van der Waals surface area (Å²) >= 11 is 5.53. The van der Waals surface area contributed by atoms with E-state index in [4.69, 9.17) is 11.6 Å². The first-order chi connectivity index (χ1) is 6.48.